The van der Waals surface area contributed by atoms with Crippen molar-refractivity contribution in [2.75, 3.05) is 0 Å². The fraction of sp³-hybridized carbons (Fsp3) is 0. The average Bonchev–Trinajstić information content (AvgIpc) is 1.77. The summed E-state index contributed by atoms with van der Waals surface area (Å²) in [4.78, 5) is 0. The first-order chi connectivity index (χ1) is 3.80. The molecule has 0 unspecified atom stereocenters. The zero-order valence-electron chi connectivity index (χ0n) is 5.57. The molecule has 0 aliphatic rings. The van der Waals surface area contributed by atoms with Gasteiger partial charge in [-0.05, 0) is 6.07 Å². The van der Waals surface area contributed by atoms with E-state index in [1.807, 2.05) is 0 Å². The van der Waals surface area contributed by atoms with Crippen molar-refractivity contribution in [3.05, 3.63) is 29.6 Å². The van der Waals surface area contributed by atoms with E-state index >= 15 is 0 Å². The fourth-order valence-corrected chi connectivity index (χ4v) is 0.552. The molecule has 0 aliphatic heterocycles. The predicted molar refractivity (Wildman–Crippen MR) is 34.6 cm³/mol. The number of hydrogen-bond acceptors (Lipinski definition) is 2. The quantitative estimate of drug-likeness (QED) is 0.173. The summed E-state index contributed by atoms with van der Waals surface area (Å²) < 4.78 is 0.648. The van der Waals surface area contributed by atoms with Crippen LogP contribution in [0.1, 0.15) is 0 Å². The number of rotatable bonds is 0. The van der Waals surface area contributed by atoms with Gasteiger partial charge in [-0.3, -0.25) is 0 Å². The first-order valence-corrected chi connectivity index (χ1v) is 2.57. The van der Waals surface area contributed by atoms with Gasteiger partial charge in [0.1, 0.15) is 0 Å². The van der Waals surface area contributed by atoms with Crippen molar-refractivity contribution in [1.82, 2.24) is 0 Å². The standard InChI is InChI=1S/C5H5NOS.Na.H2O/c7-6-4-2-1-3-5(6)8;;/h1-4,8H;;1H2/q;+1;/p-1. The molecule has 1 aromatic rings. The summed E-state index contributed by atoms with van der Waals surface area (Å²) in [5.74, 6) is 0. The van der Waals surface area contributed by atoms with Gasteiger partial charge < -0.3 is 23.3 Å². The maximum atomic E-state index is 10.4. The molecule has 5 heteroatoms. The summed E-state index contributed by atoms with van der Waals surface area (Å²) >= 11 is 4.60. The summed E-state index contributed by atoms with van der Waals surface area (Å²) in [5, 5.41) is 10.7. The van der Waals surface area contributed by atoms with Crippen LogP contribution in [0.15, 0.2) is 29.4 Å². The van der Waals surface area contributed by atoms with Crippen LogP contribution in [0.4, 0.5) is 0 Å². The minimum Gasteiger partial charge on any atom is -0.709 e. The van der Waals surface area contributed by atoms with Crippen molar-refractivity contribution >= 4 is 12.6 Å². The molecule has 0 saturated carbocycles. The normalized spacial score (nSPS) is 7.20. The second kappa shape index (κ2) is 5.88. The third-order valence-electron chi connectivity index (χ3n) is 0.789. The third-order valence-corrected chi connectivity index (χ3v) is 1.10. The van der Waals surface area contributed by atoms with E-state index in [2.05, 4.69) is 12.6 Å². The molecule has 0 atom stereocenters. The molecule has 1 heterocycles. The third kappa shape index (κ3) is 3.34. The SMILES string of the molecule is O.[Na+].[O-][n+]1ccccc1[S-]. The van der Waals surface area contributed by atoms with Gasteiger partial charge in [0.2, 0.25) is 0 Å². The molecule has 0 bridgehead atoms. The Morgan fingerprint density at radius 1 is 1.40 bits per heavy atom. The molecule has 0 radical (unpaired) electrons. The fourth-order valence-electron chi connectivity index (χ4n) is 0.413. The Hall–Kier alpha value is 0.130. The molecule has 10 heavy (non-hydrogen) atoms. The summed E-state index contributed by atoms with van der Waals surface area (Å²) in [5.41, 5.74) is 0. The Balaban J connectivity index is 0. The molecular weight excluding hydrogens is 161 g/mol. The Bertz CT molecular complexity index is 176. The number of aromatic nitrogens is 1. The minimum absolute atomic E-state index is 0. The van der Waals surface area contributed by atoms with E-state index in [-0.39, 0.29) is 35.0 Å². The van der Waals surface area contributed by atoms with Gasteiger partial charge >= 0.3 is 29.6 Å². The number of hydrogen-bond donors (Lipinski definition) is 0. The van der Waals surface area contributed by atoms with E-state index in [1.54, 1.807) is 18.2 Å². The second-order valence-electron chi connectivity index (χ2n) is 1.36. The van der Waals surface area contributed by atoms with Crippen LogP contribution in [-0.4, -0.2) is 5.48 Å². The van der Waals surface area contributed by atoms with Gasteiger partial charge in [-0.2, -0.15) is 4.73 Å². The van der Waals surface area contributed by atoms with Crippen molar-refractivity contribution in [3.8, 4) is 0 Å². The molecule has 0 saturated heterocycles. The summed E-state index contributed by atoms with van der Waals surface area (Å²) in [6.07, 6.45) is 1.38. The molecule has 1 rings (SSSR count). The van der Waals surface area contributed by atoms with Crippen LogP contribution in [0, 0.1) is 5.21 Å². The number of pyridine rings is 1. The maximum Gasteiger partial charge on any atom is 1.00 e. The second-order valence-corrected chi connectivity index (χ2v) is 1.78. The summed E-state index contributed by atoms with van der Waals surface area (Å²) in [6.45, 7) is 0. The Morgan fingerprint density at radius 2 is 2.00 bits per heavy atom. The van der Waals surface area contributed by atoms with Gasteiger partial charge in [-0.1, -0.05) is 6.07 Å². The van der Waals surface area contributed by atoms with Gasteiger partial charge in [0, 0.05) is 6.07 Å². The van der Waals surface area contributed by atoms with Crippen molar-refractivity contribution in [1.29, 1.82) is 0 Å². The predicted octanol–water partition coefficient (Wildman–Crippen LogP) is -3.59. The van der Waals surface area contributed by atoms with Crippen molar-refractivity contribution < 1.29 is 39.8 Å². The molecule has 0 spiro atoms. The van der Waals surface area contributed by atoms with Crippen molar-refractivity contribution in [3.63, 3.8) is 0 Å². The van der Waals surface area contributed by atoms with Gasteiger partial charge in [0.15, 0.2) is 6.20 Å². The first kappa shape index (κ1) is 12.8. The van der Waals surface area contributed by atoms with E-state index in [4.69, 9.17) is 0 Å². The van der Waals surface area contributed by atoms with E-state index in [0.29, 0.717) is 9.76 Å². The monoisotopic (exact) mass is 167 g/mol. The van der Waals surface area contributed by atoms with Crippen LogP contribution in [-0.2, 0) is 12.6 Å². The smallest absolute Gasteiger partial charge is 0.709 e. The minimum atomic E-state index is 0. The van der Waals surface area contributed by atoms with Gasteiger partial charge in [0.05, 0.1) is 5.03 Å². The molecule has 0 aliphatic carbocycles. The van der Waals surface area contributed by atoms with Crippen LogP contribution in [0.2, 0.25) is 0 Å². The first-order valence-electron chi connectivity index (χ1n) is 2.16. The van der Waals surface area contributed by atoms with Gasteiger partial charge in [0.25, 0.3) is 0 Å². The molecule has 3 nitrogen and oxygen atoms in total. The largest absolute Gasteiger partial charge is 1.00 e. The van der Waals surface area contributed by atoms with E-state index in [0.717, 1.165) is 0 Å². The van der Waals surface area contributed by atoms with Crippen LogP contribution < -0.4 is 34.3 Å². The zero-order chi connectivity index (χ0) is 5.98. The Morgan fingerprint density at radius 3 is 2.30 bits per heavy atom. The van der Waals surface area contributed by atoms with Crippen molar-refractivity contribution in [2.24, 2.45) is 0 Å². The maximum absolute atomic E-state index is 10.4. The van der Waals surface area contributed by atoms with Crippen LogP contribution in [0.5, 0.6) is 0 Å². The van der Waals surface area contributed by atoms with Crippen LogP contribution in [0.3, 0.4) is 0 Å². The van der Waals surface area contributed by atoms with Crippen LogP contribution >= 0.6 is 0 Å². The molecule has 2 N–H and O–H groups in total. The van der Waals surface area contributed by atoms with Gasteiger partial charge in [-0.15, -0.1) is 0 Å². The van der Waals surface area contributed by atoms with E-state index in [1.165, 1.54) is 6.20 Å². The summed E-state index contributed by atoms with van der Waals surface area (Å²) in [6, 6.07) is 4.96. The Labute approximate surface area is 86.7 Å². The topological polar surface area (TPSA) is 58.4 Å². The average molecular weight is 167 g/mol. The molecule has 0 aromatic carbocycles. The number of nitrogens with zero attached hydrogens (tertiary/aromatic N) is 1. The molecular formula is C5H6NNaO2S. The van der Waals surface area contributed by atoms with Gasteiger partial charge in [-0.25, -0.2) is 0 Å². The molecule has 0 amide bonds. The van der Waals surface area contributed by atoms with E-state index < -0.39 is 0 Å². The summed E-state index contributed by atoms with van der Waals surface area (Å²) in [7, 11) is 0. The molecule has 0 fully saturated rings. The van der Waals surface area contributed by atoms with Crippen molar-refractivity contribution in [2.45, 2.75) is 5.03 Å². The Kier molecular flexibility index (Phi) is 7.51. The van der Waals surface area contributed by atoms with E-state index in [9.17, 15) is 5.21 Å². The molecule has 1 aromatic heterocycles. The van der Waals surface area contributed by atoms with Crippen LogP contribution in [0.25, 0.3) is 0 Å². The zero-order valence-corrected chi connectivity index (χ0v) is 8.39. The molecule has 50 valence electrons.